The minimum atomic E-state index is -1.60. The van der Waals surface area contributed by atoms with Gasteiger partial charge in [0.15, 0.2) is 0 Å². The van der Waals surface area contributed by atoms with Crippen LogP contribution in [0.4, 0.5) is 10.5 Å². The molecule has 1 saturated heterocycles. The van der Waals surface area contributed by atoms with Gasteiger partial charge in [0, 0.05) is 17.6 Å². The lowest BCUT2D eigenvalue weighted by Crippen LogP contribution is -2.42. The predicted octanol–water partition coefficient (Wildman–Crippen LogP) is 5.17. The Balaban J connectivity index is 2.27. The molecule has 2 rings (SSSR count). The van der Waals surface area contributed by atoms with E-state index in [2.05, 4.69) is 19.3 Å². The quantitative estimate of drug-likeness (QED) is 0.563. The number of carbonyl (C=O) groups excluding carboxylic acids is 1. The predicted molar refractivity (Wildman–Crippen MR) is 95.0 cm³/mol. The van der Waals surface area contributed by atoms with Crippen molar-refractivity contribution in [1.82, 2.24) is 9.84 Å². The van der Waals surface area contributed by atoms with Gasteiger partial charge in [0.2, 0.25) is 0 Å². The second-order valence-electron chi connectivity index (χ2n) is 5.16. The van der Waals surface area contributed by atoms with Crippen LogP contribution in [0.3, 0.4) is 0 Å². The molecule has 2 unspecified atom stereocenters. The molecule has 22 heavy (non-hydrogen) atoms. The molecule has 1 heterocycles. The second kappa shape index (κ2) is 7.49. The number of hydrazine groups is 1. The lowest BCUT2D eigenvalue weighted by atomic mass is 10.0. The lowest BCUT2D eigenvalue weighted by Gasteiger charge is -2.27. The summed E-state index contributed by atoms with van der Waals surface area (Å²) in [4.78, 5) is 14.4. The van der Waals surface area contributed by atoms with E-state index >= 15 is 0 Å². The Morgan fingerprint density at radius 3 is 2.50 bits per heavy atom. The van der Waals surface area contributed by atoms with Crippen molar-refractivity contribution in [3.63, 3.8) is 0 Å². The van der Waals surface area contributed by atoms with Crippen molar-refractivity contribution in [3.8, 4) is 0 Å². The number of nitrogens with one attached hydrogen (secondary N) is 1. The Hall–Kier alpha value is -0.330. The minimum absolute atomic E-state index is 0.172. The van der Waals surface area contributed by atoms with E-state index in [9.17, 15) is 4.79 Å². The number of amides is 2. The molecule has 122 valence electrons. The summed E-state index contributed by atoms with van der Waals surface area (Å²) in [6.07, 6.45) is 1.85. The van der Waals surface area contributed by atoms with E-state index in [0.717, 1.165) is 30.5 Å². The standard InChI is InChI=1S/C14H18Cl3N3OS/c1-3-7-10(2)12-18-20(22-14(15,16)17)13(21)19(12)11-8-5-4-6-9-11/h4-6,8-10,12,18H,3,7H2,1-2H3. The largest absolute Gasteiger partial charge is 0.350 e. The molecule has 0 aromatic heterocycles. The van der Waals surface area contributed by atoms with Crippen LogP contribution in [0.25, 0.3) is 0 Å². The van der Waals surface area contributed by atoms with Gasteiger partial charge in [0.05, 0.1) is 0 Å². The summed E-state index contributed by atoms with van der Waals surface area (Å²) in [5, 5.41) is 0. The number of nitrogens with zero attached hydrogens (tertiary/aromatic N) is 2. The highest BCUT2D eigenvalue weighted by Gasteiger charge is 2.43. The molecular formula is C14H18Cl3N3OS. The molecule has 0 bridgehead atoms. The number of hydrogen-bond acceptors (Lipinski definition) is 3. The van der Waals surface area contributed by atoms with Gasteiger partial charge in [-0.25, -0.2) is 4.79 Å². The Labute approximate surface area is 150 Å². The van der Waals surface area contributed by atoms with Gasteiger partial charge in [-0.3, -0.25) is 4.90 Å². The summed E-state index contributed by atoms with van der Waals surface area (Å²) in [7, 11) is 0. The molecule has 2 amide bonds. The fraction of sp³-hybridized carbons (Fsp3) is 0.500. The van der Waals surface area contributed by atoms with Crippen LogP contribution in [-0.4, -0.2) is 19.7 Å². The van der Waals surface area contributed by atoms with E-state index in [1.165, 1.54) is 4.41 Å². The lowest BCUT2D eigenvalue weighted by molar-refractivity contribution is 0.235. The third-order valence-corrected chi connectivity index (χ3v) is 4.69. The monoisotopic (exact) mass is 381 g/mol. The SMILES string of the molecule is CCCC(C)C1NN(SC(Cl)(Cl)Cl)C(=O)N1c1ccccc1. The average molecular weight is 383 g/mol. The van der Waals surface area contributed by atoms with Crippen molar-refractivity contribution < 1.29 is 4.79 Å². The first-order valence-electron chi connectivity index (χ1n) is 7.04. The highest BCUT2D eigenvalue weighted by Crippen LogP contribution is 2.43. The third kappa shape index (κ3) is 4.36. The smallest absolute Gasteiger partial charge is 0.275 e. The zero-order valence-electron chi connectivity index (χ0n) is 12.3. The van der Waals surface area contributed by atoms with Crippen molar-refractivity contribution in [1.29, 1.82) is 0 Å². The van der Waals surface area contributed by atoms with Gasteiger partial charge in [-0.2, -0.15) is 9.84 Å². The molecule has 1 fully saturated rings. The molecule has 2 atom stereocenters. The zero-order chi connectivity index (χ0) is 16.3. The minimum Gasteiger partial charge on any atom is -0.275 e. The maximum atomic E-state index is 12.7. The Morgan fingerprint density at radius 1 is 1.32 bits per heavy atom. The number of rotatable bonds is 5. The molecule has 1 aliphatic rings. The second-order valence-corrected chi connectivity index (χ2v) is 9.27. The molecule has 1 aromatic carbocycles. The summed E-state index contributed by atoms with van der Waals surface area (Å²) in [6, 6.07) is 9.26. The Bertz CT molecular complexity index is 512. The molecule has 8 heteroatoms. The first-order chi connectivity index (χ1) is 10.3. The number of alkyl halides is 3. The van der Waals surface area contributed by atoms with Crippen LogP contribution < -0.4 is 10.3 Å². The molecule has 1 N–H and O–H groups in total. The van der Waals surface area contributed by atoms with Gasteiger partial charge in [-0.05, 0) is 24.5 Å². The summed E-state index contributed by atoms with van der Waals surface area (Å²) in [5.41, 5.74) is 3.97. The fourth-order valence-electron chi connectivity index (χ4n) is 2.47. The molecule has 0 saturated carbocycles. The number of benzene rings is 1. The summed E-state index contributed by atoms with van der Waals surface area (Å²) >= 11 is 18.2. The van der Waals surface area contributed by atoms with Gasteiger partial charge in [-0.1, -0.05) is 73.3 Å². The Morgan fingerprint density at radius 2 is 1.95 bits per heavy atom. The van der Waals surface area contributed by atoms with E-state index < -0.39 is 3.12 Å². The van der Waals surface area contributed by atoms with Crippen LogP contribution in [0, 0.1) is 5.92 Å². The van der Waals surface area contributed by atoms with Gasteiger partial charge < -0.3 is 0 Å². The van der Waals surface area contributed by atoms with Crippen LogP contribution in [0.15, 0.2) is 30.3 Å². The van der Waals surface area contributed by atoms with Crippen molar-refractivity contribution in [2.24, 2.45) is 5.92 Å². The maximum Gasteiger partial charge on any atom is 0.350 e. The van der Waals surface area contributed by atoms with Gasteiger partial charge in [0.1, 0.15) is 6.17 Å². The molecule has 1 aliphatic heterocycles. The molecule has 0 radical (unpaired) electrons. The van der Waals surface area contributed by atoms with E-state index in [-0.39, 0.29) is 18.1 Å². The van der Waals surface area contributed by atoms with Crippen LogP contribution in [0.2, 0.25) is 0 Å². The van der Waals surface area contributed by atoms with Crippen molar-refractivity contribution >= 4 is 58.5 Å². The van der Waals surface area contributed by atoms with E-state index in [1.807, 2.05) is 30.3 Å². The number of hydrogen-bond donors (Lipinski definition) is 1. The van der Waals surface area contributed by atoms with Gasteiger partial charge in [-0.15, -0.1) is 0 Å². The first kappa shape index (κ1) is 18.0. The highest BCUT2D eigenvalue weighted by atomic mass is 35.6. The van der Waals surface area contributed by atoms with Crippen molar-refractivity contribution in [2.75, 3.05) is 4.90 Å². The van der Waals surface area contributed by atoms with E-state index in [0.29, 0.717) is 0 Å². The Kier molecular flexibility index (Phi) is 6.14. The van der Waals surface area contributed by atoms with Crippen LogP contribution in [0.5, 0.6) is 0 Å². The normalized spacial score (nSPS) is 20.6. The number of anilines is 1. The van der Waals surface area contributed by atoms with Crippen molar-refractivity contribution in [3.05, 3.63) is 30.3 Å². The van der Waals surface area contributed by atoms with Crippen LogP contribution >= 0.6 is 46.8 Å². The van der Waals surface area contributed by atoms with Crippen LogP contribution in [0.1, 0.15) is 26.7 Å². The molecule has 0 aliphatic carbocycles. The average Bonchev–Trinajstić information content (AvgIpc) is 2.75. The fourth-order valence-corrected chi connectivity index (χ4v) is 3.63. The summed E-state index contributed by atoms with van der Waals surface area (Å²) < 4.78 is -0.301. The summed E-state index contributed by atoms with van der Waals surface area (Å²) in [6.45, 7) is 4.22. The number of carbonyl (C=O) groups is 1. The first-order valence-corrected chi connectivity index (χ1v) is 8.94. The zero-order valence-corrected chi connectivity index (χ0v) is 15.4. The highest BCUT2D eigenvalue weighted by molar-refractivity contribution is 8.03. The third-order valence-electron chi connectivity index (χ3n) is 3.42. The number of urea groups is 1. The number of halogens is 3. The maximum absolute atomic E-state index is 12.7. The molecule has 0 spiro atoms. The van der Waals surface area contributed by atoms with Gasteiger partial charge in [0.25, 0.3) is 3.12 Å². The topological polar surface area (TPSA) is 35.6 Å². The van der Waals surface area contributed by atoms with E-state index in [4.69, 9.17) is 34.8 Å². The molecular weight excluding hydrogens is 365 g/mol. The summed E-state index contributed by atoms with van der Waals surface area (Å²) in [5.74, 6) is 0.259. The number of para-hydroxylation sites is 1. The van der Waals surface area contributed by atoms with Crippen LogP contribution in [-0.2, 0) is 0 Å². The molecule has 4 nitrogen and oxygen atoms in total. The van der Waals surface area contributed by atoms with E-state index in [1.54, 1.807) is 4.90 Å². The van der Waals surface area contributed by atoms with Gasteiger partial charge >= 0.3 is 6.03 Å². The molecule has 1 aromatic rings. The van der Waals surface area contributed by atoms with Crippen molar-refractivity contribution in [2.45, 2.75) is 36.0 Å².